The summed E-state index contributed by atoms with van der Waals surface area (Å²) in [6.07, 6.45) is 0. The van der Waals surface area contributed by atoms with Gasteiger partial charge in [-0.15, -0.1) is 0 Å². The van der Waals surface area contributed by atoms with Gasteiger partial charge < -0.3 is 0 Å². The van der Waals surface area contributed by atoms with Crippen LogP contribution in [-0.2, 0) is 0 Å². The van der Waals surface area contributed by atoms with Crippen molar-refractivity contribution in [2.45, 2.75) is 6.92 Å². The Bertz CT molecular complexity index is 1170. The van der Waals surface area contributed by atoms with Crippen LogP contribution in [0.4, 0.5) is 0 Å². The van der Waals surface area contributed by atoms with Crippen molar-refractivity contribution < 1.29 is 4.79 Å². The normalized spacial score (nSPS) is 11.7. The minimum Gasteiger partial charge on any atom is -0.295 e. The highest BCUT2D eigenvalue weighted by Gasteiger charge is 2.16. The molecule has 0 aliphatic rings. The molecule has 0 bridgehead atoms. The second kappa shape index (κ2) is 9.06. The largest absolute Gasteiger partial charge is 0.295 e. The number of hydrogen-bond acceptors (Lipinski definition) is 1. The number of ketones is 1. The minimum absolute atomic E-state index is 0.0722. The monoisotopic (exact) mass is 452 g/mol. The first-order chi connectivity index (χ1) is 14.6. The van der Waals surface area contributed by atoms with Gasteiger partial charge in [-0.3, -0.25) is 4.79 Å². The third kappa shape index (κ3) is 4.34. The van der Waals surface area contributed by atoms with Gasteiger partial charge in [0, 0.05) is 10.0 Å². The number of benzene rings is 4. The van der Waals surface area contributed by atoms with E-state index in [0.29, 0.717) is 0 Å². The summed E-state index contributed by atoms with van der Waals surface area (Å²) in [5, 5.41) is 0. The molecule has 0 heterocycles. The SMILES string of the molecule is CC(=O)c1ccc(C(=C(c2ccccc2)c2ccc(Br)cc2)c2ccccc2)cc1. The topological polar surface area (TPSA) is 17.1 Å². The van der Waals surface area contributed by atoms with Gasteiger partial charge in [-0.25, -0.2) is 0 Å². The Morgan fingerprint density at radius 1 is 0.500 bits per heavy atom. The molecule has 0 spiro atoms. The molecule has 0 unspecified atom stereocenters. The Morgan fingerprint density at radius 2 is 0.833 bits per heavy atom. The van der Waals surface area contributed by atoms with Crippen molar-refractivity contribution in [2.24, 2.45) is 0 Å². The van der Waals surface area contributed by atoms with Gasteiger partial charge in [0.1, 0.15) is 0 Å². The first-order valence-electron chi connectivity index (χ1n) is 9.86. The van der Waals surface area contributed by atoms with E-state index in [1.54, 1.807) is 6.92 Å². The highest BCUT2D eigenvalue weighted by Crippen LogP contribution is 2.37. The van der Waals surface area contributed by atoms with Crippen LogP contribution in [0.1, 0.15) is 39.5 Å². The van der Waals surface area contributed by atoms with Gasteiger partial charge in [0.25, 0.3) is 0 Å². The number of Topliss-reactive ketones (excluding diaryl/α,β-unsaturated/α-hetero) is 1. The molecule has 0 aromatic heterocycles. The van der Waals surface area contributed by atoms with E-state index in [2.05, 4.69) is 88.7 Å². The van der Waals surface area contributed by atoms with Crippen molar-refractivity contribution in [1.29, 1.82) is 0 Å². The van der Waals surface area contributed by atoms with Gasteiger partial charge in [0.05, 0.1) is 0 Å². The summed E-state index contributed by atoms with van der Waals surface area (Å²) in [5.41, 5.74) is 7.51. The third-order valence-electron chi connectivity index (χ3n) is 5.09. The fourth-order valence-corrected chi connectivity index (χ4v) is 3.87. The van der Waals surface area contributed by atoms with Crippen LogP contribution in [0.2, 0.25) is 0 Å². The average molecular weight is 453 g/mol. The fraction of sp³-hybridized carbons (Fsp3) is 0.0357. The molecule has 1 nitrogen and oxygen atoms in total. The Kier molecular flexibility index (Phi) is 6.06. The van der Waals surface area contributed by atoms with Gasteiger partial charge >= 0.3 is 0 Å². The Morgan fingerprint density at radius 3 is 1.23 bits per heavy atom. The minimum atomic E-state index is 0.0722. The van der Waals surface area contributed by atoms with Crippen LogP contribution in [-0.4, -0.2) is 5.78 Å². The van der Waals surface area contributed by atoms with Crippen molar-refractivity contribution in [1.82, 2.24) is 0 Å². The van der Waals surface area contributed by atoms with Crippen LogP contribution in [0.25, 0.3) is 11.1 Å². The van der Waals surface area contributed by atoms with Gasteiger partial charge in [0.15, 0.2) is 5.78 Å². The number of rotatable bonds is 5. The maximum Gasteiger partial charge on any atom is 0.159 e. The molecular formula is C28H21BrO. The van der Waals surface area contributed by atoms with E-state index >= 15 is 0 Å². The van der Waals surface area contributed by atoms with E-state index in [0.717, 1.165) is 43.4 Å². The lowest BCUT2D eigenvalue weighted by Crippen LogP contribution is -1.98. The highest BCUT2D eigenvalue weighted by atomic mass is 79.9. The molecular weight excluding hydrogens is 432 g/mol. The first kappa shape index (κ1) is 20.1. The second-order valence-electron chi connectivity index (χ2n) is 7.12. The van der Waals surface area contributed by atoms with Crippen molar-refractivity contribution in [2.75, 3.05) is 0 Å². The molecule has 0 aliphatic carbocycles. The highest BCUT2D eigenvalue weighted by molar-refractivity contribution is 9.10. The maximum absolute atomic E-state index is 11.8. The molecule has 0 aliphatic heterocycles. The van der Waals surface area contributed by atoms with E-state index in [1.807, 2.05) is 36.4 Å². The van der Waals surface area contributed by atoms with Crippen LogP contribution >= 0.6 is 15.9 Å². The molecule has 4 rings (SSSR count). The van der Waals surface area contributed by atoms with Crippen LogP contribution in [0.3, 0.4) is 0 Å². The third-order valence-corrected chi connectivity index (χ3v) is 5.62. The number of carbonyl (C=O) groups excluding carboxylic acids is 1. The molecule has 2 heteroatoms. The molecule has 0 amide bonds. The van der Waals surface area contributed by atoms with Crippen molar-refractivity contribution in [3.8, 4) is 0 Å². The van der Waals surface area contributed by atoms with Gasteiger partial charge in [-0.1, -0.05) is 113 Å². The predicted molar refractivity (Wildman–Crippen MR) is 128 cm³/mol. The van der Waals surface area contributed by atoms with Gasteiger partial charge in [-0.05, 0) is 52.5 Å². The van der Waals surface area contributed by atoms with E-state index in [-0.39, 0.29) is 5.78 Å². The molecule has 4 aromatic rings. The summed E-state index contributed by atoms with van der Waals surface area (Å²) in [7, 11) is 0. The van der Waals surface area contributed by atoms with E-state index in [4.69, 9.17) is 0 Å². The van der Waals surface area contributed by atoms with Crippen LogP contribution < -0.4 is 0 Å². The Labute approximate surface area is 185 Å². The number of halogens is 1. The average Bonchev–Trinajstić information content (AvgIpc) is 2.79. The number of carbonyl (C=O) groups is 1. The molecule has 0 N–H and O–H groups in total. The zero-order valence-corrected chi connectivity index (χ0v) is 18.3. The van der Waals surface area contributed by atoms with E-state index < -0.39 is 0 Å². The van der Waals surface area contributed by atoms with Crippen molar-refractivity contribution in [3.05, 3.63) is 141 Å². The molecule has 4 aromatic carbocycles. The smallest absolute Gasteiger partial charge is 0.159 e. The zero-order valence-electron chi connectivity index (χ0n) is 16.7. The van der Waals surface area contributed by atoms with Crippen LogP contribution in [0.5, 0.6) is 0 Å². The van der Waals surface area contributed by atoms with Gasteiger partial charge in [0.2, 0.25) is 0 Å². The summed E-state index contributed by atoms with van der Waals surface area (Å²) in [6, 6.07) is 37.2. The lowest BCUT2D eigenvalue weighted by molar-refractivity contribution is 0.101. The molecule has 146 valence electrons. The molecule has 0 radical (unpaired) electrons. The lowest BCUT2D eigenvalue weighted by atomic mass is 9.85. The quantitative estimate of drug-likeness (QED) is 0.224. The van der Waals surface area contributed by atoms with E-state index in [1.165, 1.54) is 0 Å². The first-order valence-corrected chi connectivity index (χ1v) is 10.7. The molecule has 0 atom stereocenters. The Hall–Kier alpha value is -3.23. The van der Waals surface area contributed by atoms with Gasteiger partial charge in [-0.2, -0.15) is 0 Å². The molecule has 0 saturated heterocycles. The summed E-state index contributed by atoms with van der Waals surface area (Å²) in [5.74, 6) is 0.0722. The summed E-state index contributed by atoms with van der Waals surface area (Å²) in [6.45, 7) is 1.60. The fourth-order valence-electron chi connectivity index (χ4n) is 3.61. The van der Waals surface area contributed by atoms with Crippen molar-refractivity contribution >= 4 is 32.9 Å². The maximum atomic E-state index is 11.8. The van der Waals surface area contributed by atoms with Crippen molar-refractivity contribution in [3.63, 3.8) is 0 Å². The zero-order chi connectivity index (χ0) is 20.9. The summed E-state index contributed by atoms with van der Waals surface area (Å²) >= 11 is 3.55. The standard InChI is InChI=1S/C28H21BrO/c1-20(30)21-12-14-24(15-13-21)27(22-8-4-2-5-9-22)28(23-10-6-3-7-11-23)25-16-18-26(29)19-17-25/h2-19H,1H3. The second-order valence-corrected chi connectivity index (χ2v) is 8.04. The summed E-state index contributed by atoms with van der Waals surface area (Å²) in [4.78, 5) is 11.8. The molecule has 30 heavy (non-hydrogen) atoms. The summed E-state index contributed by atoms with van der Waals surface area (Å²) < 4.78 is 1.05. The molecule has 0 saturated carbocycles. The Balaban J connectivity index is 2.05. The lowest BCUT2D eigenvalue weighted by Gasteiger charge is -2.18. The van der Waals surface area contributed by atoms with Crippen LogP contribution in [0, 0.1) is 0 Å². The molecule has 0 fully saturated rings. The number of hydrogen-bond donors (Lipinski definition) is 0. The van der Waals surface area contributed by atoms with Crippen LogP contribution in [0.15, 0.2) is 114 Å². The predicted octanol–water partition coefficient (Wildman–Crippen LogP) is 7.66. The van der Waals surface area contributed by atoms with E-state index in [9.17, 15) is 4.79 Å².